The first-order chi connectivity index (χ1) is 6.89. The molecule has 0 saturated heterocycles. The monoisotopic (exact) mass is 202 g/mol. The van der Waals surface area contributed by atoms with Crippen LogP contribution in [-0.2, 0) is 4.79 Å². The van der Waals surface area contributed by atoms with Crippen molar-refractivity contribution in [1.29, 1.82) is 0 Å². The molecule has 3 saturated carbocycles. The molecule has 0 aromatic carbocycles. The summed E-state index contributed by atoms with van der Waals surface area (Å²) in [5, 5.41) is 0. The Morgan fingerprint density at radius 2 is 2.07 bits per heavy atom. The zero-order chi connectivity index (χ0) is 11.0. The summed E-state index contributed by atoms with van der Waals surface area (Å²) >= 11 is 0. The van der Waals surface area contributed by atoms with Gasteiger partial charge in [-0.25, -0.2) is 0 Å². The summed E-state index contributed by atoms with van der Waals surface area (Å²) in [6.45, 7) is 10.6. The lowest BCUT2D eigenvalue weighted by Crippen LogP contribution is -2.61. The zero-order valence-electron chi connectivity index (χ0n) is 9.76. The van der Waals surface area contributed by atoms with Crippen molar-refractivity contribution >= 4 is 5.78 Å². The predicted octanol–water partition coefficient (Wildman–Crippen LogP) is 3.12. The van der Waals surface area contributed by atoms with E-state index in [1.54, 1.807) is 0 Å². The number of carbonyl (C=O) groups excluding carboxylic acids is 1. The van der Waals surface area contributed by atoms with E-state index in [1.165, 1.54) is 11.1 Å². The molecule has 0 radical (unpaired) electrons. The number of allylic oxidation sites excluding steroid dienone is 3. The maximum Gasteiger partial charge on any atom is 0.149 e. The molecule has 4 unspecified atom stereocenters. The van der Waals surface area contributed by atoms with Gasteiger partial charge in [0.15, 0.2) is 0 Å². The van der Waals surface area contributed by atoms with Gasteiger partial charge in [-0.3, -0.25) is 4.79 Å². The fourth-order valence-electron chi connectivity index (χ4n) is 4.49. The maximum absolute atomic E-state index is 12.5. The number of rotatable bonds is 0. The topological polar surface area (TPSA) is 17.1 Å². The lowest BCUT2D eigenvalue weighted by atomic mass is 9.40. The molecular formula is C14H18O. The number of hydrogen-bond donors (Lipinski definition) is 0. The van der Waals surface area contributed by atoms with Crippen LogP contribution in [0.1, 0.15) is 33.6 Å². The van der Waals surface area contributed by atoms with Crippen molar-refractivity contribution in [3.05, 3.63) is 23.8 Å². The molecule has 5 aliphatic rings. The molecule has 4 atom stereocenters. The molecule has 1 heteroatoms. The third-order valence-electron chi connectivity index (χ3n) is 5.14. The Kier molecular flexibility index (Phi) is 1.43. The van der Waals surface area contributed by atoms with Gasteiger partial charge in [0.2, 0.25) is 0 Å². The molecule has 0 aliphatic heterocycles. The van der Waals surface area contributed by atoms with Crippen molar-refractivity contribution in [3.8, 4) is 0 Å². The molecule has 0 heterocycles. The molecule has 1 nitrogen and oxygen atoms in total. The van der Waals surface area contributed by atoms with Gasteiger partial charge in [0.25, 0.3) is 0 Å². The Morgan fingerprint density at radius 1 is 1.40 bits per heavy atom. The van der Waals surface area contributed by atoms with Crippen LogP contribution in [-0.4, -0.2) is 5.78 Å². The third-order valence-corrected chi connectivity index (χ3v) is 5.14. The van der Waals surface area contributed by atoms with Crippen molar-refractivity contribution in [2.24, 2.45) is 22.7 Å². The van der Waals surface area contributed by atoms with Crippen LogP contribution in [0.15, 0.2) is 23.8 Å². The SMILES string of the molecule is C=C1CC2(C)C(=O)C3(C)C=C(C)C2CC13. The van der Waals surface area contributed by atoms with E-state index >= 15 is 0 Å². The Hall–Kier alpha value is -0.850. The molecule has 0 aromatic heterocycles. The smallest absolute Gasteiger partial charge is 0.149 e. The average Bonchev–Trinajstić information content (AvgIpc) is 2.12. The minimum Gasteiger partial charge on any atom is -0.298 e. The summed E-state index contributed by atoms with van der Waals surface area (Å²) in [6.07, 6.45) is 4.29. The first-order valence-corrected chi connectivity index (χ1v) is 5.81. The second-order valence-corrected chi connectivity index (χ2v) is 6.09. The fourth-order valence-corrected chi connectivity index (χ4v) is 4.49. The minimum atomic E-state index is -0.233. The molecule has 4 bridgehead atoms. The summed E-state index contributed by atoms with van der Waals surface area (Å²) < 4.78 is 0. The highest BCUT2D eigenvalue weighted by Crippen LogP contribution is 2.66. The van der Waals surface area contributed by atoms with Gasteiger partial charge in [-0.05, 0) is 38.5 Å². The van der Waals surface area contributed by atoms with E-state index in [1.807, 2.05) is 0 Å². The lowest BCUT2D eigenvalue weighted by molar-refractivity contribution is -0.152. The largest absolute Gasteiger partial charge is 0.298 e. The second kappa shape index (κ2) is 2.28. The Labute approximate surface area is 91.2 Å². The standard InChI is InChI=1S/C14H18O/c1-8-6-13(3)11-5-10(8)14(4,12(13)15)7-9(11)2/h7,10-11H,1,5-6H2,2-4H3. The fraction of sp³-hybridized carbons (Fsp3) is 0.643. The van der Waals surface area contributed by atoms with E-state index < -0.39 is 0 Å². The molecule has 3 fully saturated rings. The van der Waals surface area contributed by atoms with Gasteiger partial charge in [0.1, 0.15) is 5.78 Å². The maximum atomic E-state index is 12.5. The molecule has 0 aromatic rings. The van der Waals surface area contributed by atoms with E-state index in [0.29, 0.717) is 17.6 Å². The van der Waals surface area contributed by atoms with Gasteiger partial charge in [-0.1, -0.05) is 30.7 Å². The molecule has 5 aliphatic carbocycles. The third kappa shape index (κ3) is 0.802. The quantitative estimate of drug-likeness (QED) is 0.551. The molecule has 15 heavy (non-hydrogen) atoms. The highest BCUT2D eigenvalue weighted by Gasteiger charge is 2.64. The van der Waals surface area contributed by atoms with Gasteiger partial charge in [-0.15, -0.1) is 0 Å². The first-order valence-electron chi connectivity index (χ1n) is 5.81. The van der Waals surface area contributed by atoms with Gasteiger partial charge < -0.3 is 0 Å². The Balaban J connectivity index is 2.29. The summed E-state index contributed by atoms with van der Waals surface area (Å²) in [4.78, 5) is 12.5. The summed E-state index contributed by atoms with van der Waals surface area (Å²) in [5.74, 6) is 1.37. The molecular weight excluding hydrogens is 184 g/mol. The van der Waals surface area contributed by atoms with E-state index in [0.717, 1.165) is 12.8 Å². The van der Waals surface area contributed by atoms with Crippen molar-refractivity contribution in [2.45, 2.75) is 33.6 Å². The molecule has 0 amide bonds. The number of fused-ring (bicyclic) bond motifs is 1. The highest BCUT2D eigenvalue weighted by atomic mass is 16.1. The second-order valence-electron chi connectivity index (χ2n) is 6.09. The first kappa shape index (κ1) is 9.38. The van der Waals surface area contributed by atoms with Crippen molar-refractivity contribution in [1.82, 2.24) is 0 Å². The molecule has 80 valence electrons. The van der Waals surface area contributed by atoms with Crippen LogP contribution >= 0.6 is 0 Å². The van der Waals surface area contributed by atoms with E-state index in [2.05, 4.69) is 33.4 Å². The van der Waals surface area contributed by atoms with Crippen LogP contribution in [0.4, 0.5) is 0 Å². The van der Waals surface area contributed by atoms with Crippen LogP contribution in [0.2, 0.25) is 0 Å². The average molecular weight is 202 g/mol. The van der Waals surface area contributed by atoms with Crippen LogP contribution < -0.4 is 0 Å². The number of Topliss-reactive ketones (excluding diaryl/α,β-unsaturated/α-hetero) is 1. The molecule has 0 spiro atoms. The van der Waals surface area contributed by atoms with Gasteiger partial charge in [-0.2, -0.15) is 0 Å². The van der Waals surface area contributed by atoms with E-state index in [-0.39, 0.29) is 10.8 Å². The highest BCUT2D eigenvalue weighted by molar-refractivity contribution is 5.96. The number of ketones is 1. The normalized spacial score (nSPS) is 52.3. The van der Waals surface area contributed by atoms with Crippen molar-refractivity contribution < 1.29 is 4.79 Å². The van der Waals surface area contributed by atoms with Crippen LogP contribution in [0.25, 0.3) is 0 Å². The van der Waals surface area contributed by atoms with Gasteiger partial charge in [0, 0.05) is 5.41 Å². The molecule has 0 N–H and O–H groups in total. The van der Waals surface area contributed by atoms with Crippen molar-refractivity contribution in [2.75, 3.05) is 0 Å². The van der Waals surface area contributed by atoms with E-state index in [9.17, 15) is 4.79 Å². The Bertz CT molecular complexity index is 417. The minimum absolute atomic E-state index is 0.139. The van der Waals surface area contributed by atoms with Gasteiger partial charge >= 0.3 is 0 Å². The lowest BCUT2D eigenvalue weighted by Gasteiger charge is -2.61. The molecule has 5 rings (SSSR count). The van der Waals surface area contributed by atoms with Gasteiger partial charge in [0.05, 0.1) is 5.41 Å². The van der Waals surface area contributed by atoms with E-state index in [4.69, 9.17) is 0 Å². The number of carbonyl (C=O) groups is 1. The van der Waals surface area contributed by atoms with Crippen LogP contribution in [0, 0.1) is 22.7 Å². The zero-order valence-corrected chi connectivity index (χ0v) is 9.76. The Morgan fingerprint density at radius 3 is 2.67 bits per heavy atom. The van der Waals surface area contributed by atoms with Crippen LogP contribution in [0.5, 0.6) is 0 Å². The summed E-state index contributed by atoms with van der Waals surface area (Å²) in [7, 11) is 0. The summed E-state index contributed by atoms with van der Waals surface area (Å²) in [5.41, 5.74) is 2.37. The van der Waals surface area contributed by atoms with Crippen LogP contribution in [0.3, 0.4) is 0 Å². The van der Waals surface area contributed by atoms with Crippen molar-refractivity contribution in [3.63, 3.8) is 0 Å². The number of hydrogen-bond acceptors (Lipinski definition) is 1. The summed E-state index contributed by atoms with van der Waals surface area (Å²) in [6, 6.07) is 0. The predicted molar refractivity (Wildman–Crippen MR) is 60.3 cm³/mol.